The van der Waals surface area contributed by atoms with Gasteiger partial charge in [0.1, 0.15) is 0 Å². The van der Waals surface area contributed by atoms with E-state index in [1.54, 1.807) is 10.9 Å². The van der Waals surface area contributed by atoms with Gasteiger partial charge in [-0.15, -0.1) is 5.10 Å². The van der Waals surface area contributed by atoms with Crippen LogP contribution in [0.4, 0.5) is 11.5 Å². The van der Waals surface area contributed by atoms with E-state index in [4.69, 9.17) is 10.4 Å². The molecule has 5 rings (SSSR count). The molecule has 0 atom stereocenters. The van der Waals surface area contributed by atoms with Crippen LogP contribution in [0, 0.1) is 6.92 Å². The molecule has 1 aliphatic rings. The number of benzene rings is 1. The van der Waals surface area contributed by atoms with Crippen molar-refractivity contribution < 1.29 is 9.42 Å². The summed E-state index contributed by atoms with van der Waals surface area (Å²) in [4.78, 5) is 15.2. The molecule has 1 aliphatic heterocycles. The smallest absolute Gasteiger partial charge is 0.293 e. The first-order valence-corrected chi connectivity index (χ1v) is 10.7. The van der Waals surface area contributed by atoms with E-state index in [1.807, 2.05) is 26.1 Å². The van der Waals surface area contributed by atoms with E-state index in [-0.39, 0.29) is 17.3 Å². The van der Waals surface area contributed by atoms with Gasteiger partial charge in [-0.25, -0.2) is 10.1 Å². The highest BCUT2D eigenvalue weighted by atomic mass is 16.6. The van der Waals surface area contributed by atoms with Gasteiger partial charge in [0.2, 0.25) is 11.6 Å². The number of nitrogen functional groups attached to an aromatic ring is 1. The molecule has 0 spiro atoms. The van der Waals surface area contributed by atoms with Crippen molar-refractivity contribution in [3.05, 3.63) is 58.7 Å². The number of para-hydroxylation sites is 1. The molecule has 174 valence electrons. The lowest BCUT2D eigenvalue weighted by molar-refractivity contribution is 0.0949. The maximum Gasteiger partial charge on any atom is 0.293 e. The minimum Gasteiger partial charge on any atom is -0.378 e. The molecule has 0 bridgehead atoms. The molecule has 0 aliphatic carbocycles. The van der Waals surface area contributed by atoms with Crippen molar-refractivity contribution in [1.82, 2.24) is 40.5 Å². The van der Waals surface area contributed by atoms with Crippen molar-refractivity contribution in [3.63, 3.8) is 0 Å². The van der Waals surface area contributed by atoms with Crippen LogP contribution in [0.3, 0.4) is 0 Å². The number of nitrogens with zero attached hydrogens (tertiary/aromatic N) is 9. The number of rotatable bonds is 6. The second kappa shape index (κ2) is 8.77. The Morgan fingerprint density at radius 3 is 2.94 bits per heavy atom. The predicted octanol–water partition coefficient (Wildman–Crippen LogP) is 0.991. The van der Waals surface area contributed by atoms with E-state index in [0.29, 0.717) is 12.2 Å². The molecule has 1 aromatic carbocycles. The Balaban J connectivity index is 1.46. The number of amides is 1. The number of hydrazone groups is 1. The van der Waals surface area contributed by atoms with Crippen LogP contribution < -0.4 is 16.1 Å². The Labute approximate surface area is 194 Å². The molecule has 3 aromatic heterocycles. The number of fused-ring (bicyclic) bond motifs is 1. The van der Waals surface area contributed by atoms with Crippen molar-refractivity contribution in [2.45, 2.75) is 26.3 Å². The lowest BCUT2D eigenvalue weighted by Gasteiger charge is -2.31. The molecule has 34 heavy (non-hydrogen) atoms. The normalized spacial score (nSPS) is 13.4. The SMILES string of the molecule is Cc1c(C=NNC(=O)c2nnn(-c3nonc3N)c2CN2CCCc3ccccc32)cnn1C. The van der Waals surface area contributed by atoms with Gasteiger partial charge in [0.15, 0.2) is 5.69 Å². The van der Waals surface area contributed by atoms with Gasteiger partial charge in [-0.3, -0.25) is 9.48 Å². The molecule has 0 unspecified atom stereocenters. The third-order valence-corrected chi connectivity index (χ3v) is 5.86. The van der Waals surface area contributed by atoms with Gasteiger partial charge >= 0.3 is 0 Å². The van der Waals surface area contributed by atoms with Gasteiger partial charge in [0.25, 0.3) is 5.91 Å². The van der Waals surface area contributed by atoms with E-state index < -0.39 is 5.91 Å². The van der Waals surface area contributed by atoms with Crippen molar-refractivity contribution in [1.29, 1.82) is 0 Å². The standard InChI is InChI=1S/C21H23N11O2/c1-13-15(11-24-30(13)2)10-23-26-21(33)18-17(32(29-25-18)20-19(22)27-34-28-20)12-31-9-5-7-14-6-3-4-8-16(14)31/h3-4,6,8,10-11H,5,7,9,12H2,1-2H3,(H2,22,27)(H,26,33). The molecular formula is C21H23N11O2. The second-order valence-corrected chi connectivity index (χ2v) is 7.93. The number of nitrogens with two attached hydrogens (primary N) is 1. The Bertz CT molecular complexity index is 1370. The van der Waals surface area contributed by atoms with Gasteiger partial charge in [0.05, 0.1) is 24.7 Å². The zero-order valence-corrected chi connectivity index (χ0v) is 18.7. The predicted molar refractivity (Wildman–Crippen MR) is 122 cm³/mol. The summed E-state index contributed by atoms with van der Waals surface area (Å²) < 4.78 is 7.84. The first-order chi connectivity index (χ1) is 16.5. The first-order valence-electron chi connectivity index (χ1n) is 10.7. The highest BCUT2D eigenvalue weighted by Gasteiger charge is 2.27. The van der Waals surface area contributed by atoms with Crippen LogP contribution in [-0.4, -0.2) is 53.8 Å². The molecule has 0 saturated carbocycles. The molecule has 0 saturated heterocycles. The lowest BCUT2D eigenvalue weighted by Crippen LogP contribution is -2.31. The molecule has 13 heteroatoms. The molecule has 3 N–H and O–H groups in total. The van der Waals surface area contributed by atoms with E-state index in [9.17, 15) is 4.79 Å². The van der Waals surface area contributed by atoms with Crippen LogP contribution in [0.2, 0.25) is 0 Å². The quantitative estimate of drug-likeness (QED) is 0.315. The Hall–Kier alpha value is -4.55. The first kappa shape index (κ1) is 21.3. The summed E-state index contributed by atoms with van der Waals surface area (Å²) in [6.07, 6.45) is 5.19. The Kier molecular flexibility index (Phi) is 5.49. The fourth-order valence-corrected chi connectivity index (χ4v) is 3.94. The van der Waals surface area contributed by atoms with Crippen LogP contribution in [-0.2, 0) is 20.0 Å². The third-order valence-electron chi connectivity index (χ3n) is 5.86. The minimum absolute atomic E-state index is 0.0437. The van der Waals surface area contributed by atoms with Crippen molar-refractivity contribution in [3.8, 4) is 5.82 Å². The van der Waals surface area contributed by atoms with Gasteiger partial charge in [-0.05, 0) is 41.7 Å². The number of carbonyl (C=O) groups is 1. The summed E-state index contributed by atoms with van der Waals surface area (Å²) in [5.41, 5.74) is 13.1. The van der Waals surface area contributed by atoms with Gasteiger partial charge in [0, 0.05) is 30.5 Å². The number of carbonyl (C=O) groups excluding carboxylic acids is 1. The number of aryl methyl sites for hydroxylation is 2. The van der Waals surface area contributed by atoms with E-state index in [2.05, 4.69) is 53.3 Å². The van der Waals surface area contributed by atoms with Crippen molar-refractivity contribution >= 4 is 23.6 Å². The van der Waals surface area contributed by atoms with Crippen LogP contribution >= 0.6 is 0 Å². The number of hydrogen-bond donors (Lipinski definition) is 2. The van der Waals surface area contributed by atoms with Gasteiger partial charge in [-0.1, -0.05) is 23.4 Å². The fraction of sp³-hybridized carbons (Fsp3) is 0.286. The average Bonchev–Trinajstić information content (AvgIpc) is 3.54. The summed E-state index contributed by atoms with van der Waals surface area (Å²) in [7, 11) is 1.83. The van der Waals surface area contributed by atoms with Crippen molar-refractivity contribution in [2.75, 3.05) is 17.2 Å². The van der Waals surface area contributed by atoms with Crippen LogP contribution in [0.5, 0.6) is 0 Å². The topological polar surface area (TPSA) is 158 Å². The molecule has 0 fully saturated rings. The summed E-state index contributed by atoms with van der Waals surface area (Å²) in [6.45, 7) is 3.07. The van der Waals surface area contributed by atoms with Gasteiger partial charge in [-0.2, -0.15) is 14.9 Å². The number of aromatic nitrogens is 7. The van der Waals surface area contributed by atoms with Crippen LogP contribution in [0.25, 0.3) is 5.82 Å². The summed E-state index contributed by atoms with van der Waals surface area (Å²) in [5.74, 6) is -0.303. The average molecular weight is 461 g/mol. The summed E-state index contributed by atoms with van der Waals surface area (Å²) in [5, 5.41) is 23.9. The van der Waals surface area contributed by atoms with Gasteiger partial charge < -0.3 is 10.6 Å². The zero-order chi connectivity index (χ0) is 23.7. The van der Waals surface area contributed by atoms with E-state index >= 15 is 0 Å². The molecular weight excluding hydrogens is 438 g/mol. The van der Waals surface area contributed by atoms with Crippen LogP contribution in [0.15, 0.2) is 40.2 Å². The monoisotopic (exact) mass is 461 g/mol. The molecule has 4 heterocycles. The number of anilines is 2. The molecule has 4 aromatic rings. The zero-order valence-electron chi connectivity index (χ0n) is 18.7. The Morgan fingerprint density at radius 2 is 2.18 bits per heavy atom. The minimum atomic E-state index is -0.514. The van der Waals surface area contributed by atoms with Crippen molar-refractivity contribution in [2.24, 2.45) is 12.1 Å². The molecule has 13 nitrogen and oxygen atoms in total. The maximum absolute atomic E-state index is 13.0. The fourth-order valence-electron chi connectivity index (χ4n) is 3.94. The number of hydrogen-bond acceptors (Lipinski definition) is 10. The highest BCUT2D eigenvalue weighted by Crippen LogP contribution is 2.29. The Morgan fingerprint density at radius 1 is 1.32 bits per heavy atom. The third kappa shape index (κ3) is 3.87. The van der Waals surface area contributed by atoms with E-state index in [0.717, 1.165) is 36.3 Å². The van der Waals surface area contributed by atoms with E-state index in [1.165, 1.54) is 16.5 Å². The summed E-state index contributed by atoms with van der Waals surface area (Å²) in [6, 6.07) is 8.19. The maximum atomic E-state index is 13.0. The highest BCUT2D eigenvalue weighted by molar-refractivity contribution is 5.94. The molecule has 0 radical (unpaired) electrons. The molecule has 1 amide bonds. The number of nitrogens with one attached hydrogen (secondary N) is 1. The second-order valence-electron chi connectivity index (χ2n) is 7.93. The van der Waals surface area contributed by atoms with Crippen LogP contribution in [0.1, 0.15) is 39.4 Å². The largest absolute Gasteiger partial charge is 0.378 e. The summed E-state index contributed by atoms with van der Waals surface area (Å²) >= 11 is 0. The lowest BCUT2D eigenvalue weighted by atomic mass is 10.0.